The first kappa shape index (κ1) is 10.9. The van der Waals surface area contributed by atoms with Crippen LogP contribution in [0.3, 0.4) is 0 Å². The van der Waals surface area contributed by atoms with Gasteiger partial charge in [0.1, 0.15) is 0 Å². The van der Waals surface area contributed by atoms with Crippen molar-refractivity contribution < 1.29 is 9.59 Å². The Morgan fingerprint density at radius 3 is 2.38 bits per heavy atom. The van der Waals surface area contributed by atoms with Crippen molar-refractivity contribution in [3.05, 3.63) is 29.8 Å². The van der Waals surface area contributed by atoms with Gasteiger partial charge in [-0.1, -0.05) is 25.1 Å². The number of hydrogen-bond acceptors (Lipinski definition) is 2. The number of imide groups is 1. The van der Waals surface area contributed by atoms with Gasteiger partial charge in [0, 0.05) is 12.8 Å². The molecule has 84 valence electrons. The van der Waals surface area contributed by atoms with Crippen LogP contribution in [0.1, 0.15) is 31.7 Å². The number of nitrogens with zero attached hydrogens (tertiary/aromatic N) is 1. The highest BCUT2D eigenvalue weighted by Crippen LogP contribution is 2.25. The van der Waals surface area contributed by atoms with E-state index in [9.17, 15) is 9.59 Å². The highest BCUT2D eigenvalue weighted by molar-refractivity contribution is 6.16. The predicted molar refractivity (Wildman–Crippen MR) is 62.2 cm³/mol. The van der Waals surface area contributed by atoms with Gasteiger partial charge in [-0.05, 0) is 24.5 Å². The minimum atomic E-state index is -0.0721. The van der Waals surface area contributed by atoms with Crippen molar-refractivity contribution in [1.82, 2.24) is 0 Å². The second-order valence-corrected chi connectivity index (χ2v) is 3.96. The van der Waals surface area contributed by atoms with Gasteiger partial charge in [-0.3, -0.25) is 14.5 Å². The normalized spacial score (nSPS) is 16.7. The molecule has 2 amide bonds. The molecule has 1 aliphatic heterocycles. The first-order valence-corrected chi connectivity index (χ1v) is 5.67. The topological polar surface area (TPSA) is 37.4 Å². The van der Waals surface area contributed by atoms with Crippen LogP contribution in [0.4, 0.5) is 5.69 Å². The second-order valence-electron chi connectivity index (χ2n) is 3.96. The zero-order chi connectivity index (χ0) is 11.5. The summed E-state index contributed by atoms with van der Waals surface area (Å²) in [6.45, 7) is 2.03. The molecule has 16 heavy (non-hydrogen) atoms. The molecule has 1 heterocycles. The minimum Gasteiger partial charge on any atom is -0.274 e. The monoisotopic (exact) mass is 217 g/mol. The van der Waals surface area contributed by atoms with E-state index in [1.165, 1.54) is 4.90 Å². The molecule has 0 N–H and O–H groups in total. The third-order valence-electron chi connectivity index (χ3n) is 2.89. The van der Waals surface area contributed by atoms with E-state index < -0.39 is 0 Å². The standard InChI is InChI=1S/C13H15NO2/c1-2-10-6-3-4-7-11(10)14-12(15)8-5-9-13(14)16/h3-4,6-7H,2,5,8-9H2,1H3. The maximum absolute atomic E-state index is 11.8. The average Bonchev–Trinajstić information content (AvgIpc) is 2.29. The second kappa shape index (κ2) is 4.47. The van der Waals surface area contributed by atoms with E-state index in [-0.39, 0.29) is 11.8 Å². The van der Waals surface area contributed by atoms with Crippen LogP contribution in [0.2, 0.25) is 0 Å². The summed E-state index contributed by atoms with van der Waals surface area (Å²) in [5.41, 5.74) is 1.81. The lowest BCUT2D eigenvalue weighted by Gasteiger charge is -2.26. The average molecular weight is 217 g/mol. The smallest absolute Gasteiger partial charge is 0.233 e. The van der Waals surface area contributed by atoms with E-state index in [4.69, 9.17) is 0 Å². The van der Waals surface area contributed by atoms with Gasteiger partial charge in [0.2, 0.25) is 11.8 Å². The fourth-order valence-electron chi connectivity index (χ4n) is 2.05. The quantitative estimate of drug-likeness (QED) is 0.713. The van der Waals surface area contributed by atoms with Gasteiger partial charge in [-0.25, -0.2) is 0 Å². The maximum atomic E-state index is 11.8. The molecule has 2 rings (SSSR count). The molecular formula is C13H15NO2. The number of rotatable bonds is 2. The van der Waals surface area contributed by atoms with Crippen LogP contribution in [-0.2, 0) is 16.0 Å². The molecule has 0 bridgehead atoms. The first-order valence-electron chi connectivity index (χ1n) is 5.67. The Kier molecular flexibility index (Phi) is 3.04. The van der Waals surface area contributed by atoms with Gasteiger partial charge in [-0.15, -0.1) is 0 Å². The fraction of sp³-hybridized carbons (Fsp3) is 0.385. The number of carbonyl (C=O) groups excluding carboxylic acids is 2. The van der Waals surface area contributed by atoms with Crippen LogP contribution in [0.5, 0.6) is 0 Å². The number of aryl methyl sites for hydroxylation is 1. The van der Waals surface area contributed by atoms with E-state index in [0.717, 1.165) is 17.7 Å². The SMILES string of the molecule is CCc1ccccc1N1C(=O)CCCC1=O. The summed E-state index contributed by atoms with van der Waals surface area (Å²) in [4.78, 5) is 24.9. The van der Waals surface area contributed by atoms with Crippen LogP contribution in [-0.4, -0.2) is 11.8 Å². The summed E-state index contributed by atoms with van der Waals surface area (Å²) in [7, 11) is 0. The van der Waals surface area contributed by atoms with Gasteiger partial charge in [0.15, 0.2) is 0 Å². The van der Waals surface area contributed by atoms with Crippen molar-refractivity contribution >= 4 is 17.5 Å². The molecule has 1 aromatic rings. The molecule has 1 aliphatic rings. The summed E-state index contributed by atoms with van der Waals surface area (Å²) >= 11 is 0. The summed E-state index contributed by atoms with van der Waals surface area (Å²) in [6.07, 6.45) is 2.46. The number of benzene rings is 1. The lowest BCUT2D eigenvalue weighted by Crippen LogP contribution is -2.40. The molecule has 1 aromatic carbocycles. The molecule has 0 atom stereocenters. The Morgan fingerprint density at radius 2 is 1.75 bits per heavy atom. The minimum absolute atomic E-state index is 0.0721. The number of piperidine rings is 1. The van der Waals surface area contributed by atoms with Crippen LogP contribution in [0.15, 0.2) is 24.3 Å². The summed E-state index contributed by atoms with van der Waals surface area (Å²) in [5, 5.41) is 0. The van der Waals surface area contributed by atoms with Gasteiger partial charge in [0.25, 0.3) is 0 Å². The van der Waals surface area contributed by atoms with Gasteiger partial charge in [-0.2, -0.15) is 0 Å². The molecule has 0 saturated carbocycles. The molecule has 0 aliphatic carbocycles. The van der Waals surface area contributed by atoms with Crippen LogP contribution < -0.4 is 4.90 Å². The molecule has 0 spiro atoms. The van der Waals surface area contributed by atoms with E-state index >= 15 is 0 Å². The largest absolute Gasteiger partial charge is 0.274 e. The highest BCUT2D eigenvalue weighted by atomic mass is 16.2. The van der Waals surface area contributed by atoms with Crippen LogP contribution in [0.25, 0.3) is 0 Å². The number of amides is 2. The number of anilines is 1. The third kappa shape index (κ3) is 1.85. The Hall–Kier alpha value is -1.64. The number of carbonyl (C=O) groups is 2. The summed E-state index contributed by atoms with van der Waals surface area (Å²) in [5.74, 6) is -0.144. The molecule has 0 unspecified atom stereocenters. The van der Waals surface area contributed by atoms with E-state index in [2.05, 4.69) is 0 Å². The Balaban J connectivity index is 2.41. The lowest BCUT2D eigenvalue weighted by molar-refractivity contribution is -0.129. The number of para-hydroxylation sites is 1. The van der Waals surface area contributed by atoms with Crippen molar-refractivity contribution in [1.29, 1.82) is 0 Å². The van der Waals surface area contributed by atoms with Crippen molar-refractivity contribution in [2.24, 2.45) is 0 Å². The van der Waals surface area contributed by atoms with Crippen LogP contribution >= 0.6 is 0 Å². The fourth-order valence-corrected chi connectivity index (χ4v) is 2.05. The van der Waals surface area contributed by atoms with E-state index in [1.54, 1.807) is 0 Å². The van der Waals surface area contributed by atoms with Crippen molar-refractivity contribution in [3.63, 3.8) is 0 Å². The van der Waals surface area contributed by atoms with Crippen molar-refractivity contribution in [3.8, 4) is 0 Å². The zero-order valence-electron chi connectivity index (χ0n) is 9.40. The molecule has 3 heteroatoms. The Bertz CT molecular complexity index is 410. The van der Waals surface area contributed by atoms with Crippen LogP contribution in [0, 0.1) is 0 Å². The first-order chi connectivity index (χ1) is 7.74. The van der Waals surface area contributed by atoms with Gasteiger partial charge >= 0.3 is 0 Å². The van der Waals surface area contributed by atoms with E-state index in [1.807, 2.05) is 31.2 Å². The lowest BCUT2D eigenvalue weighted by atomic mass is 10.0. The van der Waals surface area contributed by atoms with E-state index in [0.29, 0.717) is 19.3 Å². The molecule has 3 nitrogen and oxygen atoms in total. The number of hydrogen-bond donors (Lipinski definition) is 0. The zero-order valence-corrected chi connectivity index (χ0v) is 9.40. The summed E-state index contributed by atoms with van der Waals surface area (Å²) < 4.78 is 0. The third-order valence-corrected chi connectivity index (χ3v) is 2.89. The Morgan fingerprint density at radius 1 is 1.12 bits per heavy atom. The predicted octanol–water partition coefficient (Wildman–Crippen LogP) is 2.29. The van der Waals surface area contributed by atoms with Gasteiger partial charge in [0.05, 0.1) is 5.69 Å². The van der Waals surface area contributed by atoms with Gasteiger partial charge < -0.3 is 0 Å². The molecule has 1 saturated heterocycles. The maximum Gasteiger partial charge on any atom is 0.233 e. The highest BCUT2D eigenvalue weighted by Gasteiger charge is 2.28. The molecule has 0 aromatic heterocycles. The Labute approximate surface area is 95.1 Å². The van der Waals surface area contributed by atoms with Crippen molar-refractivity contribution in [2.75, 3.05) is 4.90 Å². The summed E-state index contributed by atoms with van der Waals surface area (Å²) in [6, 6.07) is 7.61. The van der Waals surface area contributed by atoms with Crippen molar-refractivity contribution in [2.45, 2.75) is 32.6 Å². The molecule has 0 radical (unpaired) electrons. The molecule has 1 fully saturated rings. The molecular weight excluding hydrogens is 202 g/mol.